The van der Waals surface area contributed by atoms with Crippen LogP contribution in [0.4, 0.5) is 0 Å². The van der Waals surface area contributed by atoms with Crippen LogP contribution in [-0.4, -0.2) is 20.8 Å². The normalized spacial score (nSPS) is 10.6. The van der Waals surface area contributed by atoms with Crippen molar-refractivity contribution in [1.29, 1.82) is 0 Å². The number of rotatable bonds is 10. The lowest BCUT2D eigenvalue weighted by molar-refractivity contribution is 0.350. The van der Waals surface area contributed by atoms with Crippen LogP contribution in [0.5, 0.6) is 11.5 Å². The van der Waals surface area contributed by atoms with Crippen LogP contribution < -0.4 is 14.8 Å². The first-order valence-electron chi connectivity index (χ1n) is 7.34. The Kier molecular flexibility index (Phi) is 8.70. The number of halogens is 1. The summed E-state index contributed by atoms with van der Waals surface area (Å²) in [6.07, 6.45) is 6.51. The summed E-state index contributed by atoms with van der Waals surface area (Å²) in [4.78, 5) is 0. The van der Waals surface area contributed by atoms with E-state index in [1.165, 1.54) is 32.1 Å². The van der Waals surface area contributed by atoms with Gasteiger partial charge in [0.05, 0.1) is 14.2 Å². The third kappa shape index (κ3) is 5.71. The zero-order valence-electron chi connectivity index (χ0n) is 12.8. The molecule has 3 nitrogen and oxygen atoms in total. The molecule has 0 radical (unpaired) electrons. The van der Waals surface area contributed by atoms with Crippen molar-refractivity contribution in [2.45, 2.75) is 45.6 Å². The summed E-state index contributed by atoms with van der Waals surface area (Å²) < 4.78 is 11.8. The molecule has 0 aromatic heterocycles. The number of benzene rings is 1. The molecule has 0 aliphatic heterocycles. The number of hydrogen-bond donors (Lipinski definition) is 1. The molecular weight excluding hydrogens is 318 g/mol. The van der Waals surface area contributed by atoms with Gasteiger partial charge in [0.15, 0.2) is 11.5 Å². The smallest absolute Gasteiger partial charge is 0.165 e. The second-order valence-corrected chi connectivity index (χ2v) is 5.81. The molecule has 1 rings (SSSR count). The van der Waals surface area contributed by atoms with Gasteiger partial charge in [0.25, 0.3) is 0 Å². The van der Waals surface area contributed by atoms with Crippen LogP contribution in [0.25, 0.3) is 0 Å². The summed E-state index contributed by atoms with van der Waals surface area (Å²) in [6, 6.07) is 4.00. The van der Waals surface area contributed by atoms with Gasteiger partial charge in [0, 0.05) is 16.6 Å². The average molecular weight is 344 g/mol. The van der Waals surface area contributed by atoms with E-state index in [9.17, 15) is 0 Å². The van der Waals surface area contributed by atoms with E-state index in [4.69, 9.17) is 9.47 Å². The fraction of sp³-hybridized carbons (Fsp3) is 0.625. The molecule has 0 saturated carbocycles. The molecule has 1 aromatic carbocycles. The number of hydrogen-bond acceptors (Lipinski definition) is 3. The summed E-state index contributed by atoms with van der Waals surface area (Å²) >= 11 is 3.50. The lowest BCUT2D eigenvalue weighted by atomic mass is 10.1. The average Bonchev–Trinajstić information content (AvgIpc) is 2.45. The van der Waals surface area contributed by atoms with Crippen LogP contribution in [0.2, 0.25) is 0 Å². The number of ether oxygens (including phenoxy) is 2. The first kappa shape index (κ1) is 17.3. The van der Waals surface area contributed by atoms with Crippen LogP contribution in [-0.2, 0) is 6.54 Å². The lowest BCUT2D eigenvalue weighted by Gasteiger charge is -2.14. The van der Waals surface area contributed by atoms with Crippen LogP contribution in [0.15, 0.2) is 16.6 Å². The highest BCUT2D eigenvalue weighted by Crippen LogP contribution is 2.34. The molecule has 114 valence electrons. The number of methoxy groups -OCH3 is 2. The largest absolute Gasteiger partial charge is 0.493 e. The minimum Gasteiger partial charge on any atom is -0.493 e. The van der Waals surface area contributed by atoms with Gasteiger partial charge in [-0.1, -0.05) is 48.5 Å². The van der Waals surface area contributed by atoms with E-state index in [1.54, 1.807) is 14.2 Å². The van der Waals surface area contributed by atoms with E-state index >= 15 is 0 Å². The van der Waals surface area contributed by atoms with Crippen molar-refractivity contribution < 1.29 is 9.47 Å². The van der Waals surface area contributed by atoms with Crippen molar-refractivity contribution in [3.8, 4) is 11.5 Å². The van der Waals surface area contributed by atoms with Crippen molar-refractivity contribution in [1.82, 2.24) is 5.32 Å². The van der Waals surface area contributed by atoms with Crippen molar-refractivity contribution in [2.75, 3.05) is 20.8 Å². The fourth-order valence-electron chi connectivity index (χ4n) is 2.21. The zero-order valence-corrected chi connectivity index (χ0v) is 14.4. The van der Waals surface area contributed by atoms with E-state index in [-0.39, 0.29) is 0 Å². The molecule has 0 aliphatic rings. The molecule has 0 amide bonds. The Hall–Kier alpha value is -0.740. The minimum atomic E-state index is 0.765. The van der Waals surface area contributed by atoms with E-state index in [2.05, 4.69) is 34.2 Å². The topological polar surface area (TPSA) is 30.5 Å². The third-order valence-corrected chi connectivity index (χ3v) is 3.75. The minimum absolute atomic E-state index is 0.765. The van der Waals surface area contributed by atoms with E-state index < -0.39 is 0 Å². The molecular formula is C16H26BrNO2. The summed E-state index contributed by atoms with van der Waals surface area (Å²) in [5.41, 5.74) is 1.12. The van der Waals surface area contributed by atoms with Crippen LogP contribution >= 0.6 is 15.9 Å². The van der Waals surface area contributed by atoms with Crippen molar-refractivity contribution in [3.05, 3.63) is 22.2 Å². The van der Waals surface area contributed by atoms with Gasteiger partial charge in [-0.25, -0.2) is 0 Å². The SMILES string of the molecule is CCCCCCCNCc1cc(Br)cc(OC)c1OC. The summed E-state index contributed by atoms with van der Waals surface area (Å²) in [5.74, 6) is 1.58. The molecule has 1 aromatic rings. The Morgan fingerprint density at radius 2 is 1.80 bits per heavy atom. The molecule has 4 heteroatoms. The second kappa shape index (κ2) is 10.1. The molecule has 1 N–H and O–H groups in total. The Balaban J connectivity index is 2.45. The Morgan fingerprint density at radius 3 is 2.45 bits per heavy atom. The lowest BCUT2D eigenvalue weighted by Crippen LogP contribution is -2.15. The molecule has 0 aliphatic carbocycles. The predicted molar refractivity (Wildman–Crippen MR) is 87.7 cm³/mol. The fourth-order valence-corrected chi connectivity index (χ4v) is 2.70. The van der Waals surface area contributed by atoms with E-state index in [0.29, 0.717) is 0 Å². The highest BCUT2D eigenvalue weighted by Gasteiger charge is 2.11. The van der Waals surface area contributed by atoms with Crippen molar-refractivity contribution in [3.63, 3.8) is 0 Å². The van der Waals surface area contributed by atoms with Gasteiger partial charge in [0.1, 0.15) is 0 Å². The van der Waals surface area contributed by atoms with Gasteiger partial charge >= 0.3 is 0 Å². The molecule has 0 unspecified atom stereocenters. The van der Waals surface area contributed by atoms with Crippen LogP contribution in [0.3, 0.4) is 0 Å². The summed E-state index contributed by atoms with van der Waals surface area (Å²) in [7, 11) is 3.34. The van der Waals surface area contributed by atoms with Gasteiger partial charge in [-0.3, -0.25) is 0 Å². The molecule has 0 spiro atoms. The first-order chi connectivity index (χ1) is 9.72. The van der Waals surface area contributed by atoms with E-state index in [0.717, 1.165) is 34.6 Å². The highest BCUT2D eigenvalue weighted by molar-refractivity contribution is 9.10. The number of nitrogens with one attached hydrogen (secondary N) is 1. The highest BCUT2D eigenvalue weighted by atomic mass is 79.9. The van der Waals surface area contributed by atoms with Gasteiger partial charge in [-0.2, -0.15) is 0 Å². The molecule has 20 heavy (non-hydrogen) atoms. The second-order valence-electron chi connectivity index (χ2n) is 4.89. The molecule has 0 saturated heterocycles. The summed E-state index contributed by atoms with van der Waals surface area (Å²) in [5, 5.41) is 3.48. The summed E-state index contributed by atoms with van der Waals surface area (Å²) in [6.45, 7) is 4.08. The Morgan fingerprint density at radius 1 is 1.05 bits per heavy atom. The number of unbranched alkanes of at least 4 members (excludes halogenated alkanes) is 4. The maximum Gasteiger partial charge on any atom is 0.165 e. The van der Waals surface area contributed by atoms with Gasteiger partial charge < -0.3 is 14.8 Å². The van der Waals surface area contributed by atoms with Gasteiger partial charge in [-0.15, -0.1) is 0 Å². The Labute approximate surface area is 131 Å². The van der Waals surface area contributed by atoms with Crippen molar-refractivity contribution >= 4 is 15.9 Å². The predicted octanol–water partition coefficient (Wildman–Crippen LogP) is 4.53. The van der Waals surface area contributed by atoms with Gasteiger partial charge in [-0.05, 0) is 25.1 Å². The molecule has 0 heterocycles. The standard InChI is InChI=1S/C16H26BrNO2/c1-4-5-6-7-8-9-18-12-13-10-14(17)11-15(19-2)16(13)20-3/h10-11,18H,4-9,12H2,1-3H3. The monoisotopic (exact) mass is 343 g/mol. The first-order valence-corrected chi connectivity index (χ1v) is 8.13. The van der Waals surface area contributed by atoms with Crippen LogP contribution in [0.1, 0.15) is 44.6 Å². The van der Waals surface area contributed by atoms with Gasteiger partial charge in [0.2, 0.25) is 0 Å². The molecule has 0 bridgehead atoms. The van der Waals surface area contributed by atoms with E-state index in [1.807, 2.05) is 6.07 Å². The maximum absolute atomic E-state index is 5.45. The molecule has 0 fully saturated rings. The quantitative estimate of drug-likeness (QED) is 0.633. The third-order valence-electron chi connectivity index (χ3n) is 3.29. The zero-order chi connectivity index (χ0) is 14.8. The van der Waals surface area contributed by atoms with Crippen molar-refractivity contribution in [2.24, 2.45) is 0 Å². The maximum atomic E-state index is 5.45. The Bertz CT molecular complexity index is 396. The molecule has 0 atom stereocenters. The van der Waals surface area contributed by atoms with Crippen LogP contribution in [0, 0.1) is 0 Å².